The summed E-state index contributed by atoms with van der Waals surface area (Å²) in [6.07, 6.45) is 7.89. The summed E-state index contributed by atoms with van der Waals surface area (Å²) in [5, 5.41) is 0. The lowest BCUT2D eigenvalue weighted by atomic mass is 9.97. The van der Waals surface area contributed by atoms with E-state index in [9.17, 15) is 4.79 Å². The highest BCUT2D eigenvalue weighted by Gasteiger charge is 2.25. The zero-order chi connectivity index (χ0) is 18.6. The summed E-state index contributed by atoms with van der Waals surface area (Å²) in [4.78, 5) is 22.9. The number of ketones is 1. The van der Waals surface area contributed by atoms with Crippen LogP contribution in [0.5, 0.6) is 0 Å². The highest BCUT2D eigenvalue weighted by atomic mass is 16.1. The van der Waals surface area contributed by atoms with Gasteiger partial charge in [0.25, 0.3) is 0 Å². The Balaban J connectivity index is 1.50. The van der Waals surface area contributed by atoms with Crippen LogP contribution < -0.4 is 4.90 Å². The number of rotatable bonds is 5. The van der Waals surface area contributed by atoms with E-state index in [-0.39, 0.29) is 5.78 Å². The Morgan fingerprint density at radius 3 is 2.74 bits per heavy atom. The molecular weight excluding hydrogens is 336 g/mol. The van der Waals surface area contributed by atoms with Gasteiger partial charge in [0.2, 0.25) is 0 Å². The zero-order valence-electron chi connectivity index (χ0n) is 15.6. The Bertz CT molecular complexity index is 902. The molecular formula is C22H24N4O. The van der Waals surface area contributed by atoms with Crippen LogP contribution in [0.15, 0.2) is 61.1 Å². The molecule has 3 aromatic rings. The first kappa shape index (κ1) is 17.5. The van der Waals surface area contributed by atoms with Crippen molar-refractivity contribution in [3.05, 3.63) is 78.0 Å². The molecule has 1 aliphatic heterocycles. The van der Waals surface area contributed by atoms with E-state index < -0.39 is 0 Å². The number of hydrogen-bond donors (Lipinski definition) is 0. The van der Waals surface area contributed by atoms with E-state index in [1.165, 1.54) is 5.56 Å². The Morgan fingerprint density at radius 2 is 2.00 bits per heavy atom. The molecule has 5 nitrogen and oxygen atoms in total. The fourth-order valence-electron chi connectivity index (χ4n) is 3.77. The van der Waals surface area contributed by atoms with Gasteiger partial charge in [-0.3, -0.25) is 4.79 Å². The third kappa shape index (κ3) is 3.92. The number of Topliss-reactive ketones (excluding diaryl/α,β-unsaturated/α-hetero) is 1. The van der Waals surface area contributed by atoms with Gasteiger partial charge >= 0.3 is 0 Å². The van der Waals surface area contributed by atoms with Crippen molar-refractivity contribution in [2.45, 2.75) is 32.2 Å². The second-order valence-corrected chi connectivity index (χ2v) is 7.15. The molecule has 1 fully saturated rings. The highest BCUT2D eigenvalue weighted by molar-refractivity contribution is 5.93. The van der Waals surface area contributed by atoms with Gasteiger partial charge in [-0.2, -0.15) is 0 Å². The molecule has 0 saturated carbocycles. The van der Waals surface area contributed by atoms with E-state index in [0.717, 1.165) is 44.1 Å². The van der Waals surface area contributed by atoms with Gasteiger partial charge in [0.1, 0.15) is 11.6 Å². The fourth-order valence-corrected chi connectivity index (χ4v) is 3.77. The van der Waals surface area contributed by atoms with Crippen molar-refractivity contribution < 1.29 is 4.79 Å². The predicted molar refractivity (Wildman–Crippen MR) is 106 cm³/mol. The molecule has 4 rings (SSSR count). The summed E-state index contributed by atoms with van der Waals surface area (Å²) in [5.41, 5.74) is 1.94. The predicted octanol–water partition coefficient (Wildman–Crippen LogP) is 3.91. The van der Waals surface area contributed by atoms with Gasteiger partial charge < -0.3 is 9.47 Å². The summed E-state index contributed by atoms with van der Waals surface area (Å²) in [7, 11) is 0. The Kier molecular flexibility index (Phi) is 5.01. The molecule has 1 aliphatic rings. The molecule has 0 spiro atoms. The number of carbonyl (C=O) groups is 1. The van der Waals surface area contributed by atoms with Crippen molar-refractivity contribution in [1.29, 1.82) is 0 Å². The maximum Gasteiger partial charge on any atom is 0.161 e. The lowest BCUT2D eigenvalue weighted by Gasteiger charge is -2.33. The monoisotopic (exact) mass is 360 g/mol. The molecule has 0 amide bonds. The molecule has 5 heteroatoms. The van der Waals surface area contributed by atoms with Gasteiger partial charge in [0, 0.05) is 49.7 Å². The molecule has 0 radical (unpaired) electrons. The Labute approximate surface area is 159 Å². The Hall–Kier alpha value is -2.95. The van der Waals surface area contributed by atoms with Crippen molar-refractivity contribution in [3.63, 3.8) is 0 Å². The number of hydrogen-bond acceptors (Lipinski definition) is 4. The average molecular weight is 360 g/mol. The number of pyridine rings is 1. The first-order valence-electron chi connectivity index (χ1n) is 9.47. The molecule has 1 aromatic carbocycles. The number of benzene rings is 1. The van der Waals surface area contributed by atoms with Crippen LogP contribution in [0, 0.1) is 0 Å². The highest BCUT2D eigenvalue weighted by Crippen LogP contribution is 2.28. The van der Waals surface area contributed by atoms with E-state index >= 15 is 0 Å². The van der Waals surface area contributed by atoms with Crippen LogP contribution in [0.1, 0.15) is 47.4 Å². The van der Waals surface area contributed by atoms with E-state index in [2.05, 4.69) is 49.9 Å². The minimum Gasteiger partial charge on any atom is -0.356 e. The van der Waals surface area contributed by atoms with Gasteiger partial charge in [-0.25, -0.2) is 9.97 Å². The molecule has 0 bridgehead atoms. The Morgan fingerprint density at radius 1 is 1.15 bits per heavy atom. The van der Waals surface area contributed by atoms with Crippen molar-refractivity contribution in [3.8, 4) is 0 Å². The minimum atomic E-state index is 0.0495. The lowest BCUT2D eigenvalue weighted by molar-refractivity contribution is 0.101. The smallest absolute Gasteiger partial charge is 0.161 e. The van der Waals surface area contributed by atoms with Gasteiger partial charge in [0.15, 0.2) is 5.78 Å². The van der Waals surface area contributed by atoms with Gasteiger partial charge in [0.05, 0.1) is 0 Å². The van der Waals surface area contributed by atoms with E-state index in [4.69, 9.17) is 0 Å². The summed E-state index contributed by atoms with van der Waals surface area (Å²) in [5.74, 6) is 2.51. The summed E-state index contributed by atoms with van der Waals surface area (Å²) < 4.78 is 2.26. The third-order valence-corrected chi connectivity index (χ3v) is 5.21. The number of nitrogens with zero attached hydrogens (tertiary/aromatic N) is 4. The number of aromatic nitrogens is 3. The maximum atomic E-state index is 11.5. The van der Waals surface area contributed by atoms with Crippen LogP contribution in [-0.4, -0.2) is 33.4 Å². The lowest BCUT2D eigenvalue weighted by Crippen LogP contribution is -2.36. The SMILES string of the molecule is CC(=O)c1ccc(N2CCC[C@@H](c3nccn3Cc3ccccc3)C2)nc1. The molecule has 1 saturated heterocycles. The summed E-state index contributed by atoms with van der Waals surface area (Å²) in [6, 6.07) is 14.3. The van der Waals surface area contributed by atoms with Crippen LogP contribution in [0.25, 0.3) is 0 Å². The van der Waals surface area contributed by atoms with Gasteiger partial charge in [-0.15, -0.1) is 0 Å². The van der Waals surface area contributed by atoms with Gasteiger partial charge in [-0.1, -0.05) is 30.3 Å². The van der Waals surface area contributed by atoms with Crippen molar-refractivity contribution in [1.82, 2.24) is 14.5 Å². The number of carbonyl (C=O) groups excluding carboxylic acids is 1. The second kappa shape index (κ2) is 7.74. The topological polar surface area (TPSA) is 51.0 Å². The number of anilines is 1. The van der Waals surface area contributed by atoms with E-state index in [1.54, 1.807) is 13.1 Å². The molecule has 1 atom stereocenters. The standard InChI is InChI=1S/C22H24N4O/c1-17(27)19-9-10-21(24-14-19)25-12-5-8-20(16-25)22-23-11-13-26(22)15-18-6-3-2-4-7-18/h2-4,6-7,9-11,13-14,20H,5,8,12,15-16H2,1H3/t20-/m1/s1. The molecule has 0 N–H and O–H groups in total. The van der Waals surface area contributed by atoms with E-state index in [1.807, 2.05) is 24.4 Å². The molecule has 27 heavy (non-hydrogen) atoms. The molecule has 2 aromatic heterocycles. The molecule has 0 aliphatic carbocycles. The maximum absolute atomic E-state index is 11.5. The quantitative estimate of drug-likeness (QED) is 0.647. The van der Waals surface area contributed by atoms with Crippen molar-refractivity contribution in [2.24, 2.45) is 0 Å². The average Bonchev–Trinajstić information content (AvgIpc) is 3.17. The summed E-state index contributed by atoms with van der Waals surface area (Å²) in [6.45, 7) is 4.30. The molecule has 0 unspecified atom stereocenters. The number of piperidine rings is 1. The fraction of sp³-hybridized carbons (Fsp3) is 0.318. The zero-order valence-corrected chi connectivity index (χ0v) is 15.6. The number of imidazole rings is 1. The van der Waals surface area contributed by atoms with Crippen LogP contribution in [0.3, 0.4) is 0 Å². The van der Waals surface area contributed by atoms with Crippen molar-refractivity contribution >= 4 is 11.6 Å². The van der Waals surface area contributed by atoms with Crippen LogP contribution in [0.4, 0.5) is 5.82 Å². The minimum absolute atomic E-state index is 0.0495. The first-order chi connectivity index (χ1) is 13.2. The molecule has 3 heterocycles. The second-order valence-electron chi connectivity index (χ2n) is 7.15. The van der Waals surface area contributed by atoms with Crippen molar-refractivity contribution in [2.75, 3.05) is 18.0 Å². The first-order valence-corrected chi connectivity index (χ1v) is 9.47. The van der Waals surface area contributed by atoms with Crippen LogP contribution in [-0.2, 0) is 6.54 Å². The van der Waals surface area contributed by atoms with Gasteiger partial charge in [-0.05, 0) is 37.5 Å². The largest absolute Gasteiger partial charge is 0.356 e. The van der Waals surface area contributed by atoms with Crippen LogP contribution in [0.2, 0.25) is 0 Å². The normalized spacial score (nSPS) is 17.1. The third-order valence-electron chi connectivity index (χ3n) is 5.21. The van der Waals surface area contributed by atoms with Crippen LogP contribution >= 0.6 is 0 Å². The molecule has 138 valence electrons. The van der Waals surface area contributed by atoms with E-state index in [0.29, 0.717) is 11.5 Å². The summed E-state index contributed by atoms with van der Waals surface area (Å²) >= 11 is 0.